The van der Waals surface area contributed by atoms with Crippen LogP contribution >= 0.6 is 0 Å². The van der Waals surface area contributed by atoms with Gasteiger partial charge in [-0.1, -0.05) is 18.2 Å². The Morgan fingerprint density at radius 3 is 2.55 bits per heavy atom. The van der Waals surface area contributed by atoms with Gasteiger partial charge in [-0.25, -0.2) is 13.8 Å². The summed E-state index contributed by atoms with van der Waals surface area (Å²) in [6.45, 7) is 1.53. The molecule has 0 aliphatic heterocycles. The predicted octanol–water partition coefficient (Wildman–Crippen LogP) is 2.99. The van der Waals surface area contributed by atoms with Crippen molar-refractivity contribution in [2.24, 2.45) is 0 Å². The molecule has 0 bridgehead atoms. The minimum atomic E-state index is -0.852. The van der Waals surface area contributed by atoms with Crippen LogP contribution in [0.5, 0.6) is 5.88 Å². The Bertz CT molecular complexity index is 617. The number of methoxy groups -OCH3 is 1. The third-order valence-electron chi connectivity index (χ3n) is 3.21. The molecule has 1 aromatic carbocycles. The summed E-state index contributed by atoms with van der Waals surface area (Å²) >= 11 is 0. The highest BCUT2D eigenvalue weighted by molar-refractivity contribution is 5.39. The molecule has 0 amide bonds. The predicted molar refractivity (Wildman–Crippen MR) is 72.8 cm³/mol. The molecule has 20 heavy (non-hydrogen) atoms. The van der Waals surface area contributed by atoms with Gasteiger partial charge in [-0.15, -0.1) is 0 Å². The van der Waals surface area contributed by atoms with Crippen molar-refractivity contribution in [2.75, 3.05) is 14.2 Å². The van der Waals surface area contributed by atoms with E-state index < -0.39 is 17.7 Å². The lowest BCUT2D eigenvalue weighted by Gasteiger charge is -2.20. The van der Waals surface area contributed by atoms with E-state index in [1.54, 1.807) is 37.5 Å². The van der Waals surface area contributed by atoms with Crippen LogP contribution in [0.2, 0.25) is 0 Å². The standard InChI is InChI=1S/C15H16F2N2O/c1-9-6-7-10(13(17)12(9)16)14(18-2)11-5-4-8-19-15(11)20-3/h4-8,14,18H,1-3H3. The van der Waals surface area contributed by atoms with Crippen LogP contribution < -0.4 is 10.1 Å². The number of ether oxygens (including phenoxy) is 1. The van der Waals surface area contributed by atoms with Crippen LogP contribution in [-0.4, -0.2) is 19.1 Å². The Balaban J connectivity index is 2.56. The first-order valence-electron chi connectivity index (χ1n) is 6.20. The first-order chi connectivity index (χ1) is 9.60. The fourth-order valence-corrected chi connectivity index (χ4v) is 2.16. The van der Waals surface area contributed by atoms with Crippen molar-refractivity contribution in [3.05, 3.63) is 58.8 Å². The topological polar surface area (TPSA) is 34.2 Å². The van der Waals surface area contributed by atoms with Gasteiger partial charge in [0.05, 0.1) is 13.2 Å². The molecule has 1 aromatic heterocycles. The third-order valence-corrected chi connectivity index (χ3v) is 3.21. The van der Waals surface area contributed by atoms with Crippen molar-refractivity contribution in [2.45, 2.75) is 13.0 Å². The lowest BCUT2D eigenvalue weighted by Crippen LogP contribution is -2.20. The van der Waals surface area contributed by atoms with E-state index in [2.05, 4.69) is 10.3 Å². The van der Waals surface area contributed by atoms with E-state index in [9.17, 15) is 8.78 Å². The van der Waals surface area contributed by atoms with E-state index in [1.165, 1.54) is 14.0 Å². The van der Waals surface area contributed by atoms with E-state index in [-0.39, 0.29) is 11.1 Å². The second-order valence-electron chi connectivity index (χ2n) is 4.42. The molecule has 1 heterocycles. The zero-order chi connectivity index (χ0) is 14.7. The number of rotatable bonds is 4. The summed E-state index contributed by atoms with van der Waals surface area (Å²) in [5.41, 5.74) is 1.15. The minimum absolute atomic E-state index is 0.224. The molecule has 1 N–H and O–H groups in total. The molecule has 0 aliphatic carbocycles. The summed E-state index contributed by atoms with van der Waals surface area (Å²) in [5.74, 6) is -1.30. The van der Waals surface area contributed by atoms with Crippen LogP contribution in [0.1, 0.15) is 22.7 Å². The average molecular weight is 278 g/mol. The molecule has 1 atom stereocenters. The van der Waals surface area contributed by atoms with Gasteiger partial charge in [0, 0.05) is 17.3 Å². The number of hydrogen-bond donors (Lipinski definition) is 1. The fraction of sp³-hybridized carbons (Fsp3) is 0.267. The first kappa shape index (κ1) is 14.4. The largest absolute Gasteiger partial charge is 0.481 e. The maximum atomic E-state index is 14.1. The summed E-state index contributed by atoms with van der Waals surface area (Å²) in [7, 11) is 3.17. The molecular weight excluding hydrogens is 262 g/mol. The van der Waals surface area contributed by atoms with Gasteiger partial charge in [0.2, 0.25) is 5.88 Å². The van der Waals surface area contributed by atoms with Crippen molar-refractivity contribution in [1.29, 1.82) is 0 Å². The molecule has 0 spiro atoms. The summed E-state index contributed by atoms with van der Waals surface area (Å²) < 4.78 is 33.1. The smallest absolute Gasteiger partial charge is 0.218 e. The van der Waals surface area contributed by atoms with Crippen LogP contribution in [0.15, 0.2) is 30.5 Å². The zero-order valence-electron chi connectivity index (χ0n) is 11.6. The summed E-state index contributed by atoms with van der Waals surface area (Å²) in [4.78, 5) is 4.08. The second kappa shape index (κ2) is 5.96. The Morgan fingerprint density at radius 2 is 1.90 bits per heavy atom. The second-order valence-corrected chi connectivity index (χ2v) is 4.42. The molecule has 0 saturated carbocycles. The average Bonchev–Trinajstić information content (AvgIpc) is 2.48. The maximum absolute atomic E-state index is 14.1. The van der Waals surface area contributed by atoms with E-state index in [0.717, 1.165) is 0 Å². The Labute approximate surface area is 116 Å². The van der Waals surface area contributed by atoms with Gasteiger partial charge in [-0.05, 0) is 25.6 Å². The number of aryl methyl sites for hydroxylation is 1. The Kier molecular flexibility index (Phi) is 4.29. The van der Waals surface area contributed by atoms with Crippen molar-refractivity contribution in [1.82, 2.24) is 10.3 Å². The molecule has 0 saturated heterocycles. The molecule has 2 rings (SSSR count). The Hall–Kier alpha value is -2.01. The van der Waals surface area contributed by atoms with E-state index in [0.29, 0.717) is 11.4 Å². The highest BCUT2D eigenvalue weighted by Gasteiger charge is 2.22. The highest BCUT2D eigenvalue weighted by Crippen LogP contribution is 2.30. The fourth-order valence-electron chi connectivity index (χ4n) is 2.16. The maximum Gasteiger partial charge on any atom is 0.218 e. The van der Waals surface area contributed by atoms with Gasteiger partial charge in [0.25, 0.3) is 0 Å². The summed E-state index contributed by atoms with van der Waals surface area (Å²) in [5, 5.41) is 2.97. The van der Waals surface area contributed by atoms with Crippen LogP contribution in [0.3, 0.4) is 0 Å². The molecule has 3 nitrogen and oxygen atoms in total. The van der Waals surface area contributed by atoms with E-state index in [1.807, 2.05) is 0 Å². The van der Waals surface area contributed by atoms with Gasteiger partial charge in [-0.2, -0.15) is 0 Å². The van der Waals surface area contributed by atoms with Crippen molar-refractivity contribution >= 4 is 0 Å². The lowest BCUT2D eigenvalue weighted by atomic mass is 9.98. The lowest BCUT2D eigenvalue weighted by molar-refractivity contribution is 0.387. The van der Waals surface area contributed by atoms with Crippen molar-refractivity contribution in [3.8, 4) is 5.88 Å². The van der Waals surface area contributed by atoms with Gasteiger partial charge in [-0.3, -0.25) is 0 Å². The summed E-state index contributed by atoms with van der Waals surface area (Å²) in [6.07, 6.45) is 1.58. The molecule has 0 fully saturated rings. The van der Waals surface area contributed by atoms with Crippen LogP contribution in [-0.2, 0) is 0 Å². The molecule has 0 radical (unpaired) electrons. The number of hydrogen-bond acceptors (Lipinski definition) is 3. The molecule has 0 aliphatic rings. The third kappa shape index (κ3) is 2.49. The molecule has 2 aromatic rings. The minimum Gasteiger partial charge on any atom is -0.481 e. The van der Waals surface area contributed by atoms with Crippen molar-refractivity contribution < 1.29 is 13.5 Å². The van der Waals surface area contributed by atoms with Crippen LogP contribution in [0.25, 0.3) is 0 Å². The summed E-state index contributed by atoms with van der Waals surface area (Å²) in [6, 6.07) is 6.09. The van der Waals surface area contributed by atoms with Gasteiger partial charge in [0.15, 0.2) is 11.6 Å². The SMILES string of the molecule is CNC(c1cccnc1OC)c1ccc(C)c(F)c1F. The van der Waals surface area contributed by atoms with Crippen LogP contribution in [0, 0.1) is 18.6 Å². The van der Waals surface area contributed by atoms with E-state index in [4.69, 9.17) is 4.74 Å². The van der Waals surface area contributed by atoms with Crippen LogP contribution in [0.4, 0.5) is 8.78 Å². The number of nitrogens with one attached hydrogen (secondary N) is 1. The van der Waals surface area contributed by atoms with Gasteiger partial charge >= 0.3 is 0 Å². The molecule has 106 valence electrons. The molecule has 5 heteroatoms. The normalized spacial score (nSPS) is 12.2. The number of aromatic nitrogens is 1. The Morgan fingerprint density at radius 1 is 1.15 bits per heavy atom. The molecular formula is C15H16F2N2O. The number of benzene rings is 1. The van der Waals surface area contributed by atoms with Crippen molar-refractivity contribution in [3.63, 3.8) is 0 Å². The first-order valence-corrected chi connectivity index (χ1v) is 6.20. The molecule has 1 unspecified atom stereocenters. The van der Waals surface area contributed by atoms with E-state index >= 15 is 0 Å². The number of halogens is 2. The van der Waals surface area contributed by atoms with Gasteiger partial charge < -0.3 is 10.1 Å². The van der Waals surface area contributed by atoms with Gasteiger partial charge in [0.1, 0.15) is 0 Å². The number of nitrogens with zero attached hydrogens (tertiary/aromatic N) is 1. The quantitative estimate of drug-likeness (QED) is 0.933. The highest BCUT2D eigenvalue weighted by atomic mass is 19.2. The zero-order valence-corrected chi connectivity index (χ0v) is 11.6. The monoisotopic (exact) mass is 278 g/mol. The number of pyridine rings is 1.